The van der Waals surface area contributed by atoms with Crippen molar-refractivity contribution in [2.75, 3.05) is 7.05 Å². The minimum atomic E-state index is -3.64. The SMILES string of the molecule is CN(Cc1cscn1)S(=O)(=O)c1cc(CO)ccc1Br. The summed E-state index contributed by atoms with van der Waals surface area (Å²) in [6, 6.07) is 4.76. The van der Waals surface area contributed by atoms with Crippen molar-refractivity contribution in [2.24, 2.45) is 0 Å². The molecule has 2 rings (SSSR count). The Morgan fingerprint density at radius 3 is 2.80 bits per heavy atom. The van der Waals surface area contributed by atoms with Crippen LogP contribution in [0.4, 0.5) is 0 Å². The molecule has 0 saturated carbocycles. The Labute approximate surface area is 130 Å². The molecular formula is C12H13BrN2O3S2. The number of hydrogen-bond acceptors (Lipinski definition) is 5. The van der Waals surface area contributed by atoms with Gasteiger partial charge in [0.25, 0.3) is 0 Å². The number of aromatic nitrogens is 1. The largest absolute Gasteiger partial charge is 0.392 e. The highest BCUT2D eigenvalue weighted by Gasteiger charge is 2.24. The maximum atomic E-state index is 12.5. The summed E-state index contributed by atoms with van der Waals surface area (Å²) in [7, 11) is -2.13. The first-order valence-corrected chi connectivity index (χ1v) is 8.85. The van der Waals surface area contributed by atoms with Crippen LogP contribution in [0.15, 0.2) is 38.5 Å². The van der Waals surface area contributed by atoms with Crippen molar-refractivity contribution in [1.82, 2.24) is 9.29 Å². The molecule has 8 heteroatoms. The van der Waals surface area contributed by atoms with Gasteiger partial charge in [-0.1, -0.05) is 6.07 Å². The lowest BCUT2D eigenvalue weighted by Gasteiger charge is -2.17. The first-order valence-electron chi connectivity index (χ1n) is 5.68. The second-order valence-electron chi connectivity index (χ2n) is 4.16. The fourth-order valence-corrected chi connectivity index (χ4v) is 4.30. The van der Waals surface area contributed by atoms with E-state index in [9.17, 15) is 8.42 Å². The molecule has 1 heterocycles. The second kappa shape index (κ2) is 6.31. The summed E-state index contributed by atoms with van der Waals surface area (Å²) in [6.45, 7) is 0.00717. The van der Waals surface area contributed by atoms with E-state index in [1.54, 1.807) is 17.6 Å². The number of aliphatic hydroxyl groups excluding tert-OH is 1. The maximum absolute atomic E-state index is 12.5. The van der Waals surface area contributed by atoms with Gasteiger partial charge in [0, 0.05) is 16.9 Å². The van der Waals surface area contributed by atoms with Crippen LogP contribution in [-0.2, 0) is 23.2 Å². The molecule has 20 heavy (non-hydrogen) atoms. The number of nitrogens with zero attached hydrogens (tertiary/aromatic N) is 2. The van der Waals surface area contributed by atoms with Crippen molar-refractivity contribution in [3.05, 3.63) is 44.8 Å². The number of sulfonamides is 1. The molecule has 0 aliphatic heterocycles. The molecule has 0 aliphatic carbocycles. The highest BCUT2D eigenvalue weighted by atomic mass is 79.9. The van der Waals surface area contributed by atoms with Gasteiger partial charge in [0.05, 0.1) is 29.3 Å². The summed E-state index contributed by atoms with van der Waals surface area (Å²) in [5, 5.41) is 10.9. The van der Waals surface area contributed by atoms with Gasteiger partial charge in [0.15, 0.2) is 0 Å². The predicted octanol–water partition coefficient (Wildman–Crippen LogP) is 2.22. The molecule has 0 fully saturated rings. The van der Waals surface area contributed by atoms with Crippen LogP contribution < -0.4 is 0 Å². The Balaban J connectivity index is 2.34. The fourth-order valence-electron chi connectivity index (χ4n) is 1.64. The Morgan fingerprint density at radius 1 is 1.45 bits per heavy atom. The Morgan fingerprint density at radius 2 is 2.20 bits per heavy atom. The van der Waals surface area contributed by atoms with Gasteiger partial charge in [-0.3, -0.25) is 0 Å². The summed E-state index contributed by atoms with van der Waals surface area (Å²) in [5.41, 5.74) is 2.92. The molecule has 0 radical (unpaired) electrons. The van der Waals surface area contributed by atoms with E-state index in [0.29, 0.717) is 15.7 Å². The first kappa shape index (κ1) is 15.6. The standard InChI is InChI=1S/C12H13BrN2O3S2/c1-15(5-10-7-19-8-14-10)20(17,18)12-4-9(6-16)2-3-11(12)13/h2-4,7-8,16H,5-6H2,1H3. The van der Waals surface area contributed by atoms with Crippen molar-refractivity contribution in [3.63, 3.8) is 0 Å². The quantitative estimate of drug-likeness (QED) is 0.868. The molecule has 0 atom stereocenters. The zero-order valence-electron chi connectivity index (χ0n) is 10.7. The van der Waals surface area contributed by atoms with Crippen molar-refractivity contribution in [1.29, 1.82) is 0 Å². The highest BCUT2D eigenvalue weighted by molar-refractivity contribution is 9.10. The minimum absolute atomic E-state index is 0.141. The molecule has 1 aromatic heterocycles. The molecule has 1 N–H and O–H groups in total. The van der Waals surface area contributed by atoms with Crippen LogP contribution in [0.2, 0.25) is 0 Å². The van der Waals surface area contributed by atoms with Crippen LogP contribution in [0, 0.1) is 0 Å². The average Bonchev–Trinajstić information content (AvgIpc) is 2.92. The van der Waals surface area contributed by atoms with Gasteiger partial charge in [-0.15, -0.1) is 11.3 Å². The number of hydrogen-bond donors (Lipinski definition) is 1. The van der Waals surface area contributed by atoms with Gasteiger partial charge in [-0.25, -0.2) is 13.4 Å². The smallest absolute Gasteiger partial charge is 0.244 e. The van der Waals surface area contributed by atoms with Gasteiger partial charge in [-0.05, 0) is 33.6 Å². The van der Waals surface area contributed by atoms with E-state index in [0.717, 1.165) is 0 Å². The number of halogens is 1. The number of rotatable bonds is 5. The molecular weight excluding hydrogens is 364 g/mol. The molecule has 1 aromatic carbocycles. The molecule has 0 spiro atoms. The molecule has 0 bridgehead atoms. The number of thiazole rings is 1. The van der Waals surface area contributed by atoms with E-state index < -0.39 is 10.0 Å². The predicted molar refractivity (Wildman–Crippen MR) is 80.8 cm³/mol. The van der Waals surface area contributed by atoms with Crippen molar-refractivity contribution in [3.8, 4) is 0 Å². The normalized spacial score (nSPS) is 12.0. The van der Waals surface area contributed by atoms with Gasteiger partial charge in [0.1, 0.15) is 0 Å². The van der Waals surface area contributed by atoms with Crippen LogP contribution in [0.3, 0.4) is 0 Å². The van der Waals surface area contributed by atoms with Gasteiger partial charge in [-0.2, -0.15) is 4.31 Å². The molecule has 0 amide bonds. The van der Waals surface area contributed by atoms with Gasteiger partial charge >= 0.3 is 0 Å². The molecule has 2 aromatic rings. The van der Waals surface area contributed by atoms with Crippen LogP contribution in [0.1, 0.15) is 11.3 Å². The van der Waals surface area contributed by atoms with Crippen LogP contribution >= 0.6 is 27.3 Å². The summed E-state index contributed by atoms with van der Waals surface area (Å²) < 4.78 is 26.8. The summed E-state index contributed by atoms with van der Waals surface area (Å²) in [6.07, 6.45) is 0. The topological polar surface area (TPSA) is 70.5 Å². The van der Waals surface area contributed by atoms with Crippen LogP contribution in [-0.4, -0.2) is 29.9 Å². The zero-order valence-corrected chi connectivity index (χ0v) is 13.9. The lowest BCUT2D eigenvalue weighted by atomic mass is 10.2. The van der Waals surface area contributed by atoms with E-state index in [-0.39, 0.29) is 18.0 Å². The molecule has 0 saturated heterocycles. The molecule has 108 valence electrons. The Bertz CT molecular complexity index is 687. The molecule has 0 unspecified atom stereocenters. The Hall–Kier alpha value is -0.800. The first-order chi connectivity index (χ1) is 9.45. The van der Waals surface area contributed by atoms with E-state index in [1.165, 1.54) is 28.8 Å². The van der Waals surface area contributed by atoms with Crippen LogP contribution in [0.5, 0.6) is 0 Å². The van der Waals surface area contributed by atoms with E-state index in [4.69, 9.17) is 5.11 Å². The van der Waals surface area contributed by atoms with Gasteiger partial charge < -0.3 is 5.11 Å². The summed E-state index contributed by atoms with van der Waals surface area (Å²) in [5.74, 6) is 0. The lowest BCUT2D eigenvalue weighted by Crippen LogP contribution is -2.27. The third kappa shape index (κ3) is 3.26. The van der Waals surface area contributed by atoms with E-state index in [2.05, 4.69) is 20.9 Å². The summed E-state index contributed by atoms with van der Waals surface area (Å²) >= 11 is 4.66. The van der Waals surface area contributed by atoms with Gasteiger partial charge in [0.2, 0.25) is 10.0 Å². The minimum Gasteiger partial charge on any atom is -0.392 e. The highest BCUT2D eigenvalue weighted by Crippen LogP contribution is 2.26. The fraction of sp³-hybridized carbons (Fsp3) is 0.250. The van der Waals surface area contributed by atoms with Crippen molar-refractivity contribution >= 4 is 37.3 Å². The van der Waals surface area contributed by atoms with E-state index >= 15 is 0 Å². The third-order valence-corrected chi connectivity index (χ3v) is 6.17. The maximum Gasteiger partial charge on any atom is 0.244 e. The monoisotopic (exact) mass is 376 g/mol. The lowest BCUT2D eigenvalue weighted by molar-refractivity contribution is 0.281. The average molecular weight is 377 g/mol. The van der Waals surface area contributed by atoms with E-state index in [1.807, 2.05) is 5.38 Å². The summed E-state index contributed by atoms with van der Waals surface area (Å²) in [4.78, 5) is 4.22. The Kier molecular flexibility index (Phi) is 4.92. The van der Waals surface area contributed by atoms with Crippen molar-refractivity contribution < 1.29 is 13.5 Å². The zero-order chi connectivity index (χ0) is 14.8. The second-order valence-corrected chi connectivity index (χ2v) is 7.75. The number of aliphatic hydroxyl groups is 1. The molecule has 5 nitrogen and oxygen atoms in total. The van der Waals surface area contributed by atoms with Crippen LogP contribution in [0.25, 0.3) is 0 Å². The number of benzene rings is 1. The third-order valence-electron chi connectivity index (χ3n) is 2.73. The molecule has 0 aliphatic rings. The van der Waals surface area contributed by atoms with Crippen molar-refractivity contribution in [2.45, 2.75) is 18.0 Å².